The summed E-state index contributed by atoms with van der Waals surface area (Å²) in [6.07, 6.45) is 1.62. The van der Waals surface area contributed by atoms with Crippen molar-refractivity contribution in [1.29, 1.82) is 0 Å². The zero-order valence-corrected chi connectivity index (χ0v) is 15.4. The molecule has 0 amide bonds. The van der Waals surface area contributed by atoms with Crippen LogP contribution in [0, 0.1) is 11.6 Å². The molecule has 0 aliphatic rings. The van der Waals surface area contributed by atoms with E-state index in [9.17, 15) is 8.78 Å². The van der Waals surface area contributed by atoms with E-state index >= 15 is 0 Å². The molecule has 0 saturated heterocycles. The maximum atomic E-state index is 14.3. The first kappa shape index (κ1) is 18.6. The van der Waals surface area contributed by atoms with E-state index in [1.54, 1.807) is 12.3 Å². The van der Waals surface area contributed by atoms with Crippen molar-refractivity contribution in [3.8, 4) is 28.2 Å². The highest BCUT2D eigenvalue weighted by Crippen LogP contribution is 2.30. The summed E-state index contributed by atoms with van der Waals surface area (Å²) < 4.78 is 29.0. The lowest BCUT2D eigenvalue weighted by Gasteiger charge is -2.10. The van der Waals surface area contributed by atoms with Crippen LogP contribution in [0.15, 0.2) is 54.7 Å². The van der Waals surface area contributed by atoms with Gasteiger partial charge in [0.1, 0.15) is 11.5 Å². The summed E-state index contributed by atoms with van der Waals surface area (Å²) >= 11 is 0. The van der Waals surface area contributed by atoms with Crippen LogP contribution in [0.2, 0.25) is 0 Å². The second-order valence-corrected chi connectivity index (χ2v) is 6.55. The van der Waals surface area contributed by atoms with E-state index in [0.717, 1.165) is 27.4 Å². The Morgan fingerprint density at radius 2 is 1.79 bits per heavy atom. The molecule has 0 saturated carbocycles. The SMILES string of the molecule is C[C@@H](N)c1ccc(-c2cnc(N)c(-c3nnnn3-c3cccc(F)c3F)c2)cc1. The second-order valence-electron chi connectivity index (χ2n) is 6.55. The number of aromatic nitrogens is 5. The molecular weight excluding hydrogens is 376 g/mol. The van der Waals surface area contributed by atoms with Gasteiger partial charge in [-0.1, -0.05) is 30.3 Å². The number of hydrogen-bond acceptors (Lipinski definition) is 6. The molecule has 0 radical (unpaired) electrons. The van der Waals surface area contributed by atoms with Crippen LogP contribution in [0.4, 0.5) is 14.6 Å². The fourth-order valence-electron chi connectivity index (χ4n) is 2.96. The summed E-state index contributed by atoms with van der Waals surface area (Å²) in [5.41, 5.74) is 14.8. The van der Waals surface area contributed by atoms with Crippen LogP contribution in [0.25, 0.3) is 28.2 Å². The molecule has 0 spiro atoms. The zero-order chi connectivity index (χ0) is 20.5. The van der Waals surface area contributed by atoms with Crippen LogP contribution >= 0.6 is 0 Å². The number of hydrogen-bond donors (Lipinski definition) is 2. The number of pyridine rings is 1. The minimum absolute atomic E-state index is 0.0741. The summed E-state index contributed by atoms with van der Waals surface area (Å²) in [5, 5.41) is 11.3. The molecule has 4 N–H and O–H groups in total. The Kier molecular flexibility index (Phi) is 4.73. The Balaban J connectivity index is 1.80. The molecule has 2 aromatic carbocycles. The summed E-state index contributed by atoms with van der Waals surface area (Å²) in [6, 6.07) is 13.2. The number of halogens is 2. The third-order valence-electron chi connectivity index (χ3n) is 4.56. The van der Waals surface area contributed by atoms with Crippen molar-refractivity contribution in [3.63, 3.8) is 0 Å². The van der Waals surface area contributed by atoms with E-state index in [2.05, 4.69) is 20.5 Å². The van der Waals surface area contributed by atoms with E-state index in [1.807, 2.05) is 31.2 Å². The third kappa shape index (κ3) is 3.43. The Labute approximate surface area is 165 Å². The molecule has 2 aromatic heterocycles. The number of rotatable bonds is 4. The molecule has 7 nitrogen and oxygen atoms in total. The smallest absolute Gasteiger partial charge is 0.190 e. The predicted octanol–water partition coefficient (Wildman–Crippen LogP) is 3.27. The van der Waals surface area contributed by atoms with Crippen molar-refractivity contribution >= 4 is 5.82 Å². The average molecular weight is 393 g/mol. The number of benzene rings is 2. The van der Waals surface area contributed by atoms with E-state index in [0.29, 0.717) is 5.56 Å². The monoisotopic (exact) mass is 393 g/mol. The van der Waals surface area contributed by atoms with Gasteiger partial charge >= 0.3 is 0 Å². The van der Waals surface area contributed by atoms with Crippen molar-refractivity contribution in [2.75, 3.05) is 5.73 Å². The van der Waals surface area contributed by atoms with Crippen molar-refractivity contribution in [3.05, 3.63) is 71.9 Å². The van der Waals surface area contributed by atoms with Crippen molar-refractivity contribution in [2.45, 2.75) is 13.0 Å². The fraction of sp³-hybridized carbons (Fsp3) is 0.100. The molecule has 146 valence electrons. The maximum Gasteiger partial charge on any atom is 0.190 e. The minimum Gasteiger partial charge on any atom is -0.383 e. The summed E-state index contributed by atoms with van der Waals surface area (Å²) in [7, 11) is 0. The number of anilines is 1. The lowest BCUT2D eigenvalue weighted by Crippen LogP contribution is -2.06. The average Bonchev–Trinajstić information content (AvgIpc) is 3.20. The predicted molar refractivity (Wildman–Crippen MR) is 105 cm³/mol. The normalized spacial score (nSPS) is 12.1. The van der Waals surface area contributed by atoms with Crippen LogP contribution in [-0.2, 0) is 0 Å². The molecule has 9 heteroatoms. The highest BCUT2D eigenvalue weighted by Gasteiger charge is 2.19. The van der Waals surface area contributed by atoms with Gasteiger partial charge in [-0.25, -0.2) is 13.8 Å². The lowest BCUT2D eigenvalue weighted by molar-refractivity contribution is 0.501. The first-order valence-corrected chi connectivity index (χ1v) is 8.80. The molecule has 0 aliphatic heterocycles. The van der Waals surface area contributed by atoms with Crippen LogP contribution in [0.5, 0.6) is 0 Å². The number of nitrogens with zero attached hydrogens (tertiary/aromatic N) is 5. The van der Waals surface area contributed by atoms with Gasteiger partial charge in [0.25, 0.3) is 0 Å². The van der Waals surface area contributed by atoms with Gasteiger partial charge in [0.05, 0.1) is 5.56 Å². The molecule has 4 rings (SSSR count). The van der Waals surface area contributed by atoms with Crippen LogP contribution in [0.1, 0.15) is 18.5 Å². The summed E-state index contributed by atoms with van der Waals surface area (Å²) in [5.74, 6) is -1.75. The van der Waals surface area contributed by atoms with Gasteiger partial charge < -0.3 is 11.5 Å². The molecule has 29 heavy (non-hydrogen) atoms. The molecular formula is C20H17F2N7. The van der Waals surface area contributed by atoms with E-state index in [1.165, 1.54) is 12.1 Å². The minimum atomic E-state index is -1.06. The van der Waals surface area contributed by atoms with E-state index in [-0.39, 0.29) is 23.4 Å². The molecule has 2 heterocycles. The van der Waals surface area contributed by atoms with Gasteiger partial charge in [0.2, 0.25) is 0 Å². The molecule has 0 fully saturated rings. The van der Waals surface area contributed by atoms with Gasteiger partial charge in [-0.2, -0.15) is 4.68 Å². The van der Waals surface area contributed by atoms with Gasteiger partial charge in [-0.3, -0.25) is 0 Å². The molecule has 0 unspecified atom stereocenters. The fourth-order valence-corrected chi connectivity index (χ4v) is 2.96. The van der Waals surface area contributed by atoms with Crippen molar-refractivity contribution < 1.29 is 8.78 Å². The van der Waals surface area contributed by atoms with E-state index < -0.39 is 11.6 Å². The Hall–Kier alpha value is -3.72. The molecule has 0 bridgehead atoms. The highest BCUT2D eigenvalue weighted by molar-refractivity contribution is 5.76. The quantitative estimate of drug-likeness (QED) is 0.551. The molecule has 0 aliphatic carbocycles. The van der Waals surface area contributed by atoms with Gasteiger partial charge in [-0.05, 0) is 46.7 Å². The number of nitrogens with two attached hydrogens (primary N) is 2. The number of tetrazole rings is 1. The third-order valence-corrected chi connectivity index (χ3v) is 4.56. The van der Waals surface area contributed by atoms with E-state index in [4.69, 9.17) is 11.5 Å². The van der Waals surface area contributed by atoms with Crippen LogP contribution in [0.3, 0.4) is 0 Å². The number of nitrogen functional groups attached to an aromatic ring is 1. The van der Waals surface area contributed by atoms with Crippen molar-refractivity contribution in [1.82, 2.24) is 25.2 Å². The maximum absolute atomic E-state index is 14.3. The largest absolute Gasteiger partial charge is 0.383 e. The zero-order valence-electron chi connectivity index (χ0n) is 15.4. The summed E-state index contributed by atoms with van der Waals surface area (Å²) in [4.78, 5) is 4.22. The first-order chi connectivity index (χ1) is 14.0. The summed E-state index contributed by atoms with van der Waals surface area (Å²) in [6.45, 7) is 1.91. The van der Waals surface area contributed by atoms with Crippen LogP contribution in [-0.4, -0.2) is 25.2 Å². The van der Waals surface area contributed by atoms with Gasteiger partial charge in [0, 0.05) is 17.8 Å². The molecule has 1 atom stereocenters. The Morgan fingerprint density at radius 3 is 2.52 bits per heavy atom. The van der Waals surface area contributed by atoms with Crippen molar-refractivity contribution in [2.24, 2.45) is 5.73 Å². The highest BCUT2D eigenvalue weighted by atomic mass is 19.2. The Bertz CT molecular complexity index is 1170. The van der Waals surface area contributed by atoms with Gasteiger partial charge in [-0.15, -0.1) is 5.10 Å². The Morgan fingerprint density at radius 1 is 1.03 bits per heavy atom. The lowest BCUT2D eigenvalue weighted by atomic mass is 10.0. The second kappa shape index (κ2) is 7.36. The molecule has 4 aromatic rings. The van der Waals surface area contributed by atoms with Crippen LogP contribution < -0.4 is 11.5 Å². The first-order valence-electron chi connectivity index (χ1n) is 8.80. The van der Waals surface area contributed by atoms with Gasteiger partial charge in [0.15, 0.2) is 17.5 Å². The topological polar surface area (TPSA) is 109 Å². The standard InChI is InChI=1S/C20H17F2N7/c1-11(23)12-5-7-13(8-6-12)14-9-15(19(24)25-10-14)20-26-27-28-29(20)17-4-2-3-16(21)18(17)22/h2-11H,23H2,1H3,(H2,24,25)/t11-/m1/s1.